The molecule has 1 aliphatic heterocycles. The van der Waals surface area contributed by atoms with Crippen LogP contribution >= 0.6 is 22.6 Å². The van der Waals surface area contributed by atoms with Gasteiger partial charge in [0.25, 0.3) is 0 Å². The quantitative estimate of drug-likeness (QED) is 0.237. The average molecular weight is 441 g/mol. The van der Waals surface area contributed by atoms with E-state index in [4.69, 9.17) is 11.5 Å². The van der Waals surface area contributed by atoms with Crippen LogP contribution in [-0.2, 0) is 0 Å². The molecule has 0 spiro atoms. The third-order valence-electron chi connectivity index (χ3n) is 2.44. The zero-order valence-corrected chi connectivity index (χ0v) is 12.9. The summed E-state index contributed by atoms with van der Waals surface area (Å²) in [5.74, 6) is 0.109. The molecule has 0 unspecified atom stereocenters. The molecule has 5 N–H and O–H groups in total. The molecule has 1 heterocycles. The summed E-state index contributed by atoms with van der Waals surface area (Å²) in [6.07, 6.45) is 0. The van der Waals surface area contributed by atoms with Crippen molar-refractivity contribution in [1.29, 1.82) is 0 Å². The summed E-state index contributed by atoms with van der Waals surface area (Å²) in [4.78, 5) is 0. The molecule has 0 amide bonds. The number of phenols is 1. The predicted molar refractivity (Wildman–Crippen MR) is 70.7 cm³/mol. The Morgan fingerprint density at radius 3 is 2.69 bits per heavy atom. The number of fused-ring (bicyclic) bond motifs is 1. The van der Waals surface area contributed by atoms with Gasteiger partial charge < -0.3 is 0 Å². The van der Waals surface area contributed by atoms with E-state index in [-0.39, 0.29) is 27.0 Å². The van der Waals surface area contributed by atoms with Crippen LogP contribution < -0.4 is 43.1 Å². The number of hydrogen-bond acceptors (Lipinski definition) is 3. The first-order chi connectivity index (χ1) is 7.52. The van der Waals surface area contributed by atoms with E-state index >= 15 is 0 Å². The Morgan fingerprint density at radius 1 is 1.31 bits per heavy atom. The van der Waals surface area contributed by atoms with E-state index in [1.54, 1.807) is 0 Å². The van der Waals surface area contributed by atoms with Crippen molar-refractivity contribution >= 4 is 38.1 Å². The summed E-state index contributed by atoms with van der Waals surface area (Å²) in [5.41, 5.74) is 13.8. The third-order valence-corrected chi connectivity index (χ3v) is 6.54. The topological polar surface area (TPSA) is 72.3 Å². The number of benzene rings is 1. The van der Waals surface area contributed by atoms with E-state index in [2.05, 4.69) is 30.8 Å². The minimum absolute atomic E-state index is 0.109. The van der Waals surface area contributed by atoms with Crippen LogP contribution in [0.1, 0.15) is 5.56 Å². The van der Waals surface area contributed by atoms with Gasteiger partial charge in [-0.3, -0.25) is 0 Å². The van der Waals surface area contributed by atoms with Gasteiger partial charge in [0.15, 0.2) is 0 Å². The number of aryl methyl sites for hydroxylation is 1. The van der Waals surface area contributed by atoms with Crippen molar-refractivity contribution in [3.05, 3.63) is 29.7 Å². The summed E-state index contributed by atoms with van der Waals surface area (Å²) in [6, 6.07) is 1.99. The van der Waals surface area contributed by atoms with Gasteiger partial charge in [0.1, 0.15) is 0 Å². The number of halogens is 2. The predicted octanol–water partition coefficient (Wildman–Crippen LogP) is -2.53. The molecule has 0 saturated heterocycles. The molecule has 0 aliphatic carbocycles. The molecule has 0 atom stereocenters. The third kappa shape index (κ3) is 1.90. The summed E-state index contributed by atoms with van der Waals surface area (Å²) in [7, 11) is 0. The van der Waals surface area contributed by atoms with Crippen molar-refractivity contribution in [2.45, 2.75) is 6.92 Å². The van der Waals surface area contributed by atoms with Crippen LogP contribution in [0.2, 0.25) is 0 Å². The Bertz CT molecular complexity index is 605. The fourth-order valence-corrected chi connectivity index (χ4v) is 4.43. The van der Waals surface area contributed by atoms with Crippen LogP contribution in [0.25, 0.3) is 9.78 Å². The van der Waals surface area contributed by atoms with Gasteiger partial charge in [-0.05, 0) is 0 Å². The molecule has 5 heteroatoms. The molecule has 16 heavy (non-hydrogen) atoms. The first kappa shape index (κ1) is 12.0. The molecule has 3 nitrogen and oxygen atoms in total. The molecule has 0 bridgehead atoms. The number of phenolic OH excluding ortho intramolecular Hbond substituents is 1. The maximum absolute atomic E-state index is 10.1. The first-order valence-corrected chi connectivity index (χ1v) is 8.15. The van der Waals surface area contributed by atoms with Crippen LogP contribution in [0.3, 0.4) is 0 Å². The number of hydrogen-bond donors (Lipinski definition) is 3. The van der Waals surface area contributed by atoms with Crippen LogP contribution in [0.4, 0.5) is 5.69 Å². The average Bonchev–Trinajstić information content (AvgIpc) is 2.37. The monoisotopic (exact) mass is 441 g/mol. The van der Waals surface area contributed by atoms with E-state index in [1.165, 1.54) is 0 Å². The van der Waals surface area contributed by atoms with E-state index in [1.807, 2.05) is 13.0 Å². The Hall–Kier alpha value is -0.440. The van der Waals surface area contributed by atoms with Crippen molar-refractivity contribution in [1.82, 2.24) is 0 Å². The molecule has 0 saturated carbocycles. The standard InChI is InChI=1S/C11H11I2N2O/c1-5-2-6-3-13-4-7(12)10(15)8(6)11(16)9(5)14/h2-4,16H,14-15H2,1H3/q-1. The van der Waals surface area contributed by atoms with Gasteiger partial charge >= 0.3 is 118 Å². The van der Waals surface area contributed by atoms with Gasteiger partial charge in [-0.2, -0.15) is 0 Å². The molecular formula is C11H11I2N2O-. The molecule has 1 aliphatic rings. The fraction of sp³-hybridized carbons (Fsp3) is 0.0909. The molecule has 1 aromatic carbocycles. The van der Waals surface area contributed by atoms with Gasteiger partial charge in [-0.15, -0.1) is 0 Å². The number of nitrogen functional groups attached to an aromatic ring is 1. The number of aromatic hydroxyl groups is 1. The Labute approximate surface area is 117 Å². The molecule has 86 valence electrons. The number of anilines is 1. The Balaban J connectivity index is 3.02. The van der Waals surface area contributed by atoms with Crippen LogP contribution in [0.5, 0.6) is 5.75 Å². The van der Waals surface area contributed by atoms with Crippen LogP contribution in [0.15, 0.2) is 13.7 Å². The van der Waals surface area contributed by atoms with Crippen LogP contribution in [-0.4, -0.2) is 5.11 Å². The van der Waals surface area contributed by atoms with E-state index < -0.39 is 0 Å². The first-order valence-electron chi connectivity index (χ1n) is 4.58. The fourth-order valence-electron chi connectivity index (χ4n) is 1.54. The van der Waals surface area contributed by atoms with Gasteiger partial charge in [-0.1, -0.05) is 0 Å². The van der Waals surface area contributed by atoms with E-state index in [0.29, 0.717) is 16.6 Å². The molecule has 0 aromatic heterocycles. The zero-order valence-electron chi connectivity index (χ0n) is 8.59. The molecule has 1 aromatic rings. The summed E-state index contributed by atoms with van der Waals surface area (Å²) in [6.45, 7) is 1.89. The number of rotatable bonds is 0. The summed E-state index contributed by atoms with van der Waals surface area (Å²) >= 11 is 2.04. The number of nitrogens with two attached hydrogens (primary N) is 2. The van der Waals surface area contributed by atoms with Gasteiger partial charge in [0, 0.05) is 0 Å². The Kier molecular flexibility index (Phi) is 3.34. The molecule has 0 fully saturated rings. The van der Waals surface area contributed by atoms with Crippen molar-refractivity contribution in [3.8, 4) is 5.75 Å². The minimum atomic E-state index is -0.152. The SMILES string of the molecule is Cc1cc2c(c(O)c1N)=C(N)C(I)=C[I-]C=2. The zero-order chi connectivity index (χ0) is 11.9. The summed E-state index contributed by atoms with van der Waals surface area (Å²) in [5, 5.41) is 11.8. The van der Waals surface area contributed by atoms with Gasteiger partial charge in [0.05, 0.1) is 0 Å². The van der Waals surface area contributed by atoms with Crippen LogP contribution in [0, 0.1) is 6.92 Å². The van der Waals surface area contributed by atoms with Crippen molar-refractivity contribution in [3.63, 3.8) is 0 Å². The second-order valence-electron chi connectivity index (χ2n) is 3.53. The second kappa shape index (κ2) is 4.44. The van der Waals surface area contributed by atoms with Crippen molar-refractivity contribution in [2.24, 2.45) is 5.73 Å². The van der Waals surface area contributed by atoms with E-state index in [0.717, 1.165) is 14.4 Å². The molecular weight excluding hydrogens is 430 g/mol. The molecule has 2 rings (SSSR count). The van der Waals surface area contributed by atoms with Gasteiger partial charge in [-0.25, -0.2) is 0 Å². The van der Waals surface area contributed by atoms with Crippen molar-refractivity contribution in [2.75, 3.05) is 5.73 Å². The van der Waals surface area contributed by atoms with Crippen molar-refractivity contribution < 1.29 is 26.3 Å². The Morgan fingerprint density at radius 2 is 2.00 bits per heavy atom. The van der Waals surface area contributed by atoms with E-state index in [9.17, 15) is 5.11 Å². The normalized spacial score (nSPS) is 15.4. The molecule has 0 radical (unpaired) electrons. The maximum atomic E-state index is 10.1. The second-order valence-corrected chi connectivity index (χ2v) is 6.65. The van der Waals surface area contributed by atoms with Gasteiger partial charge in [0.2, 0.25) is 0 Å². The summed E-state index contributed by atoms with van der Waals surface area (Å²) < 4.78 is 5.29.